The Morgan fingerprint density at radius 2 is 1.62 bits per heavy atom. The maximum Gasteiger partial charge on any atom is 0.264 e. The molecule has 0 saturated heterocycles. The Hall–Kier alpha value is -3.43. The average Bonchev–Trinajstić information content (AvgIpc) is 2.92. The number of carbonyl (C=O) groups excluding carboxylic acids is 2. The summed E-state index contributed by atoms with van der Waals surface area (Å²) in [4.78, 5) is 28.5. The third kappa shape index (κ3) is 7.80. The minimum atomic E-state index is -4.18. The zero-order valence-corrected chi connectivity index (χ0v) is 23.8. The van der Waals surface area contributed by atoms with Crippen LogP contribution in [-0.2, 0) is 26.2 Å². The van der Waals surface area contributed by atoms with Gasteiger partial charge in [-0.3, -0.25) is 13.9 Å². The van der Waals surface area contributed by atoms with E-state index in [1.807, 2.05) is 13.8 Å². The molecule has 0 heterocycles. The minimum absolute atomic E-state index is 0.00409. The first-order valence-electron chi connectivity index (χ1n) is 12.7. The Labute approximate surface area is 234 Å². The van der Waals surface area contributed by atoms with Crippen molar-refractivity contribution < 1.29 is 22.4 Å². The number of amides is 2. The van der Waals surface area contributed by atoms with Crippen LogP contribution in [0.3, 0.4) is 0 Å². The number of halogens is 2. The number of anilines is 1. The van der Waals surface area contributed by atoms with Gasteiger partial charge in [0.15, 0.2) is 0 Å². The third-order valence-electron chi connectivity index (χ3n) is 6.36. The molecule has 0 unspecified atom stereocenters. The molecule has 208 valence electrons. The highest BCUT2D eigenvalue weighted by Crippen LogP contribution is 2.27. The van der Waals surface area contributed by atoms with Crippen molar-refractivity contribution in [2.45, 2.75) is 57.1 Å². The SMILES string of the molecule is CC[C@H](C)NC(=O)[C@H](CC)N(Cc1ccc(F)cc1)C(=O)CN(c1cccc(Cl)c1)S(=O)(=O)c1ccccc1. The number of carbonyl (C=O) groups is 2. The van der Waals surface area contributed by atoms with E-state index in [1.165, 1.54) is 47.4 Å². The summed E-state index contributed by atoms with van der Waals surface area (Å²) < 4.78 is 42.1. The van der Waals surface area contributed by atoms with Crippen LogP contribution in [0.15, 0.2) is 83.8 Å². The van der Waals surface area contributed by atoms with Gasteiger partial charge in [0.2, 0.25) is 11.8 Å². The van der Waals surface area contributed by atoms with E-state index < -0.39 is 34.3 Å². The van der Waals surface area contributed by atoms with Gasteiger partial charge >= 0.3 is 0 Å². The first-order valence-corrected chi connectivity index (χ1v) is 14.6. The van der Waals surface area contributed by atoms with E-state index in [-0.39, 0.29) is 35.5 Å². The minimum Gasteiger partial charge on any atom is -0.352 e. The lowest BCUT2D eigenvalue weighted by Gasteiger charge is -2.33. The third-order valence-corrected chi connectivity index (χ3v) is 8.38. The summed E-state index contributed by atoms with van der Waals surface area (Å²) >= 11 is 6.18. The van der Waals surface area contributed by atoms with Crippen LogP contribution >= 0.6 is 11.6 Å². The van der Waals surface area contributed by atoms with Gasteiger partial charge in [0.05, 0.1) is 10.6 Å². The normalized spacial score (nSPS) is 12.8. The lowest BCUT2D eigenvalue weighted by Crippen LogP contribution is -2.53. The Kier molecular flexibility index (Phi) is 10.5. The predicted octanol–water partition coefficient (Wildman–Crippen LogP) is 5.40. The van der Waals surface area contributed by atoms with E-state index >= 15 is 0 Å². The lowest BCUT2D eigenvalue weighted by atomic mass is 10.1. The highest BCUT2D eigenvalue weighted by atomic mass is 35.5. The Morgan fingerprint density at radius 3 is 2.21 bits per heavy atom. The lowest BCUT2D eigenvalue weighted by molar-refractivity contribution is -0.140. The molecule has 0 aliphatic rings. The number of benzene rings is 3. The van der Waals surface area contributed by atoms with Crippen molar-refractivity contribution in [2.75, 3.05) is 10.8 Å². The van der Waals surface area contributed by atoms with Crippen LogP contribution in [0.5, 0.6) is 0 Å². The summed E-state index contributed by atoms with van der Waals surface area (Å²) in [7, 11) is -4.18. The van der Waals surface area contributed by atoms with Crippen LogP contribution in [0.25, 0.3) is 0 Å². The molecule has 0 aliphatic carbocycles. The fourth-order valence-electron chi connectivity index (χ4n) is 4.03. The largest absolute Gasteiger partial charge is 0.352 e. The molecule has 3 aromatic rings. The smallest absolute Gasteiger partial charge is 0.264 e. The number of rotatable bonds is 12. The fraction of sp³-hybridized carbons (Fsp3) is 0.310. The maximum atomic E-state index is 14.0. The zero-order valence-electron chi connectivity index (χ0n) is 22.2. The Morgan fingerprint density at radius 1 is 0.949 bits per heavy atom. The molecule has 7 nitrogen and oxygen atoms in total. The molecule has 0 saturated carbocycles. The number of nitrogens with one attached hydrogen (secondary N) is 1. The second-order valence-electron chi connectivity index (χ2n) is 9.19. The van der Waals surface area contributed by atoms with Crippen molar-refractivity contribution in [1.29, 1.82) is 0 Å². The van der Waals surface area contributed by atoms with E-state index in [0.717, 1.165) is 4.31 Å². The van der Waals surface area contributed by atoms with Crippen molar-refractivity contribution in [3.8, 4) is 0 Å². The highest BCUT2D eigenvalue weighted by molar-refractivity contribution is 7.92. The molecule has 10 heteroatoms. The van der Waals surface area contributed by atoms with Crippen molar-refractivity contribution in [1.82, 2.24) is 10.2 Å². The molecule has 0 bridgehead atoms. The summed E-state index contributed by atoms with van der Waals surface area (Å²) in [6.07, 6.45) is 0.990. The predicted molar refractivity (Wildman–Crippen MR) is 151 cm³/mol. The van der Waals surface area contributed by atoms with Crippen LogP contribution in [0.4, 0.5) is 10.1 Å². The molecule has 0 aliphatic heterocycles. The van der Waals surface area contributed by atoms with E-state index in [4.69, 9.17) is 11.6 Å². The quantitative estimate of drug-likeness (QED) is 0.314. The molecule has 0 radical (unpaired) electrons. The zero-order chi connectivity index (χ0) is 28.6. The first kappa shape index (κ1) is 30.1. The topological polar surface area (TPSA) is 86.8 Å². The number of sulfonamides is 1. The van der Waals surface area contributed by atoms with Crippen LogP contribution in [-0.4, -0.2) is 43.8 Å². The molecule has 0 fully saturated rings. The first-order chi connectivity index (χ1) is 18.6. The van der Waals surface area contributed by atoms with Crippen LogP contribution < -0.4 is 9.62 Å². The second-order valence-corrected chi connectivity index (χ2v) is 11.5. The summed E-state index contributed by atoms with van der Waals surface area (Å²) in [5, 5.41) is 3.22. The van der Waals surface area contributed by atoms with Crippen molar-refractivity contribution in [3.05, 3.63) is 95.3 Å². The van der Waals surface area contributed by atoms with Gasteiger partial charge in [-0.25, -0.2) is 12.8 Å². The van der Waals surface area contributed by atoms with Gasteiger partial charge < -0.3 is 10.2 Å². The van der Waals surface area contributed by atoms with E-state index in [1.54, 1.807) is 43.3 Å². The Bertz CT molecular complexity index is 1370. The van der Waals surface area contributed by atoms with Crippen LogP contribution in [0.1, 0.15) is 39.2 Å². The van der Waals surface area contributed by atoms with Gasteiger partial charge in [0.1, 0.15) is 18.4 Å². The van der Waals surface area contributed by atoms with Gasteiger partial charge in [-0.2, -0.15) is 0 Å². The van der Waals surface area contributed by atoms with Gasteiger partial charge in [0.25, 0.3) is 10.0 Å². The molecular formula is C29H33ClFN3O4S. The monoisotopic (exact) mass is 573 g/mol. The summed E-state index contributed by atoms with van der Waals surface area (Å²) in [6.45, 7) is 4.99. The molecule has 3 rings (SSSR count). The Balaban J connectivity index is 2.04. The molecule has 39 heavy (non-hydrogen) atoms. The van der Waals surface area contributed by atoms with Crippen LogP contribution in [0, 0.1) is 5.82 Å². The molecule has 3 aromatic carbocycles. The average molecular weight is 574 g/mol. The molecule has 0 aromatic heterocycles. The molecular weight excluding hydrogens is 541 g/mol. The molecule has 2 atom stereocenters. The fourth-order valence-corrected chi connectivity index (χ4v) is 5.64. The molecule has 2 amide bonds. The second kappa shape index (κ2) is 13.6. The van der Waals surface area contributed by atoms with Gasteiger partial charge in [-0.15, -0.1) is 0 Å². The maximum absolute atomic E-state index is 14.0. The number of hydrogen-bond donors (Lipinski definition) is 1. The summed E-state index contributed by atoms with van der Waals surface area (Å²) in [5.74, 6) is -1.37. The van der Waals surface area contributed by atoms with Crippen molar-refractivity contribution in [3.63, 3.8) is 0 Å². The number of nitrogens with zero attached hydrogens (tertiary/aromatic N) is 2. The molecule has 0 spiro atoms. The van der Waals surface area contributed by atoms with Gasteiger partial charge in [0, 0.05) is 17.6 Å². The summed E-state index contributed by atoms with van der Waals surface area (Å²) in [6, 6.07) is 18.6. The molecule has 1 N–H and O–H groups in total. The van der Waals surface area contributed by atoms with E-state index in [9.17, 15) is 22.4 Å². The van der Waals surface area contributed by atoms with Crippen molar-refractivity contribution in [2.24, 2.45) is 0 Å². The van der Waals surface area contributed by atoms with Gasteiger partial charge in [-0.1, -0.05) is 61.8 Å². The highest BCUT2D eigenvalue weighted by Gasteiger charge is 2.34. The van der Waals surface area contributed by atoms with Gasteiger partial charge in [-0.05, 0) is 67.8 Å². The number of hydrogen-bond acceptors (Lipinski definition) is 4. The summed E-state index contributed by atoms with van der Waals surface area (Å²) in [5.41, 5.74) is 0.804. The van der Waals surface area contributed by atoms with E-state index in [2.05, 4.69) is 5.32 Å². The van der Waals surface area contributed by atoms with Crippen LogP contribution in [0.2, 0.25) is 5.02 Å². The van der Waals surface area contributed by atoms with E-state index in [0.29, 0.717) is 17.0 Å². The standard InChI is InChI=1S/C29H33ClFN3O4S/c1-4-21(3)32-29(36)27(5-2)33(19-22-14-16-24(31)17-15-22)28(35)20-34(25-11-9-10-23(30)18-25)39(37,38)26-12-7-6-8-13-26/h6-18,21,27H,4-5,19-20H2,1-3H3,(H,32,36)/t21-,27-/m0/s1. The van der Waals surface area contributed by atoms with Crippen molar-refractivity contribution >= 4 is 39.1 Å².